The zero-order chi connectivity index (χ0) is 30.7. The summed E-state index contributed by atoms with van der Waals surface area (Å²) in [7, 11) is 3.63. The van der Waals surface area contributed by atoms with Crippen LogP contribution in [-0.2, 0) is 0 Å². The molecule has 2 aromatic heterocycles. The second-order valence-electron chi connectivity index (χ2n) is 11.0. The average molecular weight is 616 g/mol. The van der Waals surface area contributed by atoms with E-state index >= 15 is 0 Å². The molecule has 1 aromatic carbocycles. The summed E-state index contributed by atoms with van der Waals surface area (Å²) in [5.74, 6) is 5.94. The Balaban J connectivity index is 1.35. The van der Waals surface area contributed by atoms with Crippen LogP contribution in [0.2, 0.25) is 0 Å². The van der Waals surface area contributed by atoms with Crippen LogP contribution in [0.3, 0.4) is 0 Å². The van der Waals surface area contributed by atoms with Crippen LogP contribution in [0, 0.1) is 11.8 Å². The third-order valence-corrected chi connectivity index (χ3v) is 8.94. The number of hydrogen-bond acceptors (Lipinski definition) is 7. The van der Waals surface area contributed by atoms with E-state index in [2.05, 4.69) is 39.7 Å². The highest BCUT2D eigenvalue weighted by molar-refractivity contribution is 8.00. The van der Waals surface area contributed by atoms with Crippen molar-refractivity contribution >= 4 is 34.6 Å². The quantitative estimate of drug-likeness (QED) is 0.195. The summed E-state index contributed by atoms with van der Waals surface area (Å²) in [6.07, 6.45) is 5.41. The third-order valence-electron chi connectivity index (χ3n) is 8.10. The second-order valence-corrected chi connectivity index (χ2v) is 12.1. The molecule has 0 unspecified atom stereocenters. The van der Waals surface area contributed by atoms with Gasteiger partial charge in [-0.05, 0) is 76.1 Å². The van der Waals surface area contributed by atoms with Crippen molar-refractivity contribution in [2.75, 3.05) is 37.9 Å². The zero-order valence-electron chi connectivity index (χ0n) is 24.3. The highest BCUT2D eigenvalue weighted by Crippen LogP contribution is 2.41. The first-order chi connectivity index (χ1) is 20.5. The minimum atomic E-state index is -4.48. The van der Waals surface area contributed by atoms with E-state index in [0.29, 0.717) is 34.6 Å². The van der Waals surface area contributed by atoms with Crippen LogP contribution >= 0.6 is 11.8 Å². The molecule has 1 amide bonds. The number of methoxy groups -OCH3 is 1. The SMILES string of the molecule is COc1cc(C(=O)NC[C@@H](C)O)ccc1NCC#Cc1cc2c(N[C@@H]3CC[C@@H]4CC[C@H]3N4C)cccn2c1SC(F)(F)F. The fraction of sp³-hybridized carbons (Fsp3) is 0.452. The van der Waals surface area contributed by atoms with Gasteiger partial charge in [-0.3, -0.25) is 9.69 Å². The van der Waals surface area contributed by atoms with Crippen LogP contribution in [0.4, 0.5) is 24.5 Å². The molecule has 2 aliphatic rings. The van der Waals surface area contributed by atoms with Crippen molar-refractivity contribution in [3.05, 3.63) is 53.7 Å². The molecule has 0 spiro atoms. The molecule has 2 saturated heterocycles. The van der Waals surface area contributed by atoms with Crippen molar-refractivity contribution in [3.8, 4) is 17.6 Å². The van der Waals surface area contributed by atoms with E-state index in [-0.39, 0.29) is 47.4 Å². The summed E-state index contributed by atoms with van der Waals surface area (Å²) < 4.78 is 47.9. The van der Waals surface area contributed by atoms with Crippen LogP contribution in [0.1, 0.15) is 48.5 Å². The molecule has 2 bridgehead atoms. The number of likely N-dealkylation sites (N-methyl/N-ethyl adjacent to an activating group) is 1. The maximum absolute atomic E-state index is 13.6. The van der Waals surface area contributed by atoms with Crippen LogP contribution < -0.4 is 20.7 Å². The number of thioether (sulfide) groups is 1. The predicted molar refractivity (Wildman–Crippen MR) is 163 cm³/mol. The number of alkyl halides is 3. The summed E-state index contributed by atoms with van der Waals surface area (Å²) in [6, 6.07) is 11.5. The number of nitrogens with one attached hydrogen (secondary N) is 3. The van der Waals surface area contributed by atoms with E-state index in [4.69, 9.17) is 4.74 Å². The lowest BCUT2D eigenvalue weighted by atomic mass is 9.97. The number of fused-ring (bicyclic) bond motifs is 3. The minimum Gasteiger partial charge on any atom is -0.495 e. The fourth-order valence-corrected chi connectivity index (χ4v) is 6.70. The molecule has 2 fully saturated rings. The number of pyridine rings is 1. The van der Waals surface area contributed by atoms with Crippen molar-refractivity contribution in [1.29, 1.82) is 0 Å². The molecule has 0 saturated carbocycles. The number of carbonyl (C=O) groups is 1. The number of ether oxygens (including phenoxy) is 1. The summed E-state index contributed by atoms with van der Waals surface area (Å²) in [6.45, 7) is 1.83. The van der Waals surface area contributed by atoms with Gasteiger partial charge in [0.15, 0.2) is 0 Å². The molecule has 0 radical (unpaired) electrons. The largest absolute Gasteiger partial charge is 0.495 e. The van der Waals surface area contributed by atoms with Gasteiger partial charge >= 0.3 is 5.51 Å². The number of aliphatic hydroxyl groups is 1. The third kappa shape index (κ3) is 7.17. The fourth-order valence-electron chi connectivity index (χ4n) is 6.01. The smallest absolute Gasteiger partial charge is 0.447 e. The predicted octanol–water partition coefficient (Wildman–Crippen LogP) is 5.17. The maximum atomic E-state index is 13.6. The Morgan fingerprint density at radius 3 is 2.72 bits per heavy atom. The number of carbonyl (C=O) groups excluding carboxylic acids is 1. The first-order valence-corrected chi connectivity index (χ1v) is 15.1. The monoisotopic (exact) mass is 615 g/mol. The number of rotatable bonds is 9. The van der Waals surface area contributed by atoms with Crippen LogP contribution in [0.5, 0.6) is 5.75 Å². The maximum Gasteiger partial charge on any atom is 0.447 e. The van der Waals surface area contributed by atoms with Gasteiger partial charge in [-0.2, -0.15) is 13.2 Å². The van der Waals surface area contributed by atoms with Crippen LogP contribution in [-0.4, -0.2) is 77.3 Å². The van der Waals surface area contributed by atoms with Gasteiger partial charge in [-0.15, -0.1) is 0 Å². The molecule has 230 valence electrons. The van der Waals surface area contributed by atoms with Crippen molar-refractivity contribution in [1.82, 2.24) is 14.6 Å². The summed E-state index contributed by atoms with van der Waals surface area (Å²) in [5, 5.41) is 18.8. The molecule has 4 atom stereocenters. The van der Waals surface area contributed by atoms with Crippen LogP contribution in [0.25, 0.3) is 5.52 Å². The van der Waals surface area contributed by atoms with Gasteiger partial charge in [-0.25, -0.2) is 0 Å². The number of hydrogen-bond donors (Lipinski definition) is 4. The topological polar surface area (TPSA) is 90.3 Å². The lowest BCUT2D eigenvalue weighted by Crippen LogP contribution is -2.48. The summed E-state index contributed by atoms with van der Waals surface area (Å²) >= 11 is -0.169. The molecular weight excluding hydrogens is 579 g/mol. The van der Waals surface area contributed by atoms with E-state index in [9.17, 15) is 23.1 Å². The lowest BCUT2D eigenvalue weighted by molar-refractivity contribution is -0.0329. The van der Waals surface area contributed by atoms with Crippen molar-refractivity contribution < 1.29 is 27.8 Å². The minimum absolute atomic E-state index is 0.0190. The highest BCUT2D eigenvalue weighted by atomic mass is 32.2. The van der Waals surface area contributed by atoms with Gasteiger partial charge in [0.2, 0.25) is 0 Å². The lowest BCUT2D eigenvalue weighted by Gasteiger charge is -2.38. The zero-order valence-corrected chi connectivity index (χ0v) is 25.1. The molecule has 0 aliphatic carbocycles. The van der Waals surface area contributed by atoms with Crippen LogP contribution in [0.15, 0.2) is 47.6 Å². The normalized spacial score (nSPS) is 20.8. The average Bonchev–Trinajstić information content (AvgIpc) is 3.42. The highest BCUT2D eigenvalue weighted by Gasteiger charge is 2.40. The number of halogens is 3. The van der Waals surface area contributed by atoms with Gasteiger partial charge < -0.3 is 30.2 Å². The second kappa shape index (κ2) is 13.0. The first kappa shape index (κ1) is 30.9. The number of amides is 1. The molecule has 43 heavy (non-hydrogen) atoms. The molecule has 2 aliphatic heterocycles. The molecule has 5 rings (SSSR count). The number of benzene rings is 1. The van der Waals surface area contributed by atoms with Crippen molar-refractivity contribution in [2.45, 2.75) is 67.4 Å². The standard InChI is InChI=1S/C31H36F3N5O3S/c1-19(40)18-36-29(41)20-8-11-25(28(17-20)42-3)35-14-4-6-21-16-27-23(7-5-15-39(27)30(21)43-31(32,33)34)37-24-12-9-22-10-13-26(24)38(22)2/h5,7-8,11,15-17,19,22,24,26,35,37,40H,9-10,12-14,18H2,1-3H3,(H,36,41)/t19-,22-,24-,26-/m1/s1. The number of anilines is 2. The van der Waals surface area contributed by atoms with Gasteiger partial charge in [0.25, 0.3) is 5.91 Å². The van der Waals surface area contributed by atoms with E-state index in [0.717, 1.165) is 24.9 Å². The van der Waals surface area contributed by atoms with Gasteiger partial charge in [0, 0.05) is 48.2 Å². The Hall–Kier alpha value is -3.53. The Kier molecular flexibility index (Phi) is 9.34. The van der Waals surface area contributed by atoms with Gasteiger partial charge in [0.1, 0.15) is 10.8 Å². The van der Waals surface area contributed by atoms with Gasteiger partial charge in [-0.1, -0.05) is 11.8 Å². The Labute approximate surface area is 253 Å². The van der Waals surface area contributed by atoms with E-state index in [1.54, 1.807) is 47.9 Å². The molecule has 4 heterocycles. The molecule has 3 aromatic rings. The van der Waals surface area contributed by atoms with E-state index in [1.165, 1.54) is 13.5 Å². The first-order valence-electron chi connectivity index (χ1n) is 14.3. The van der Waals surface area contributed by atoms with Crippen molar-refractivity contribution in [3.63, 3.8) is 0 Å². The number of aromatic nitrogens is 1. The molecule has 4 N–H and O–H groups in total. The Morgan fingerprint density at radius 1 is 1.19 bits per heavy atom. The van der Waals surface area contributed by atoms with E-state index < -0.39 is 11.6 Å². The number of piperidine rings is 1. The van der Waals surface area contributed by atoms with Gasteiger partial charge in [0.05, 0.1) is 42.2 Å². The molecule has 12 heteroatoms. The molecule has 8 nitrogen and oxygen atoms in total. The van der Waals surface area contributed by atoms with Crippen molar-refractivity contribution in [2.24, 2.45) is 0 Å². The Bertz CT molecular complexity index is 1530. The summed E-state index contributed by atoms with van der Waals surface area (Å²) in [5.41, 5.74) is -1.80. The number of nitrogens with zero attached hydrogens (tertiary/aromatic N) is 2. The summed E-state index contributed by atoms with van der Waals surface area (Å²) in [4.78, 5) is 14.8. The Morgan fingerprint density at radius 2 is 1.98 bits per heavy atom. The number of aliphatic hydroxyl groups excluding tert-OH is 1. The molecular formula is C31H36F3N5O3S. The van der Waals surface area contributed by atoms with E-state index in [1.807, 2.05) is 6.07 Å².